The van der Waals surface area contributed by atoms with Crippen molar-refractivity contribution in [1.82, 2.24) is 10.2 Å². The standard InChI is InChI=1S/C11H9N3O/c1-8-11(7-13-14-8)15-10-4-2-3-9(5-10)6-12/h2-5,7H,1H3,(H,13,14). The Labute approximate surface area is 87.1 Å². The minimum atomic E-state index is 0.577. The highest BCUT2D eigenvalue weighted by Crippen LogP contribution is 2.23. The zero-order chi connectivity index (χ0) is 10.7. The first-order valence-corrected chi connectivity index (χ1v) is 4.47. The van der Waals surface area contributed by atoms with Crippen molar-refractivity contribution < 1.29 is 4.74 Å². The highest BCUT2D eigenvalue weighted by molar-refractivity contribution is 5.39. The van der Waals surface area contributed by atoms with Crippen molar-refractivity contribution in [2.75, 3.05) is 0 Å². The van der Waals surface area contributed by atoms with Crippen molar-refractivity contribution in [3.05, 3.63) is 41.7 Å². The van der Waals surface area contributed by atoms with Crippen LogP contribution in [0.15, 0.2) is 30.5 Å². The molecule has 0 unspecified atom stereocenters. The number of hydrogen-bond acceptors (Lipinski definition) is 3. The number of ether oxygens (including phenoxy) is 1. The van der Waals surface area contributed by atoms with Crippen LogP contribution in [0.4, 0.5) is 0 Å². The number of H-pyrrole nitrogens is 1. The van der Waals surface area contributed by atoms with E-state index in [4.69, 9.17) is 10.00 Å². The first-order chi connectivity index (χ1) is 7.29. The second-order valence-corrected chi connectivity index (χ2v) is 3.10. The summed E-state index contributed by atoms with van der Waals surface area (Å²) in [5.74, 6) is 1.31. The first kappa shape index (κ1) is 9.28. The molecule has 4 nitrogen and oxygen atoms in total. The van der Waals surface area contributed by atoms with Gasteiger partial charge in [-0.05, 0) is 25.1 Å². The van der Waals surface area contributed by atoms with Crippen LogP contribution in [-0.4, -0.2) is 10.2 Å². The van der Waals surface area contributed by atoms with Crippen LogP contribution in [0.1, 0.15) is 11.3 Å². The van der Waals surface area contributed by atoms with Crippen molar-refractivity contribution >= 4 is 0 Å². The molecule has 0 fully saturated rings. The second-order valence-electron chi connectivity index (χ2n) is 3.10. The van der Waals surface area contributed by atoms with E-state index in [0.717, 1.165) is 5.69 Å². The molecule has 2 rings (SSSR count). The molecule has 15 heavy (non-hydrogen) atoms. The van der Waals surface area contributed by atoms with Gasteiger partial charge in [-0.15, -0.1) is 0 Å². The van der Waals surface area contributed by atoms with Gasteiger partial charge in [0.05, 0.1) is 23.5 Å². The summed E-state index contributed by atoms with van der Waals surface area (Å²) in [6.45, 7) is 1.87. The van der Waals surface area contributed by atoms with Crippen molar-refractivity contribution in [3.63, 3.8) is 0 Å². The Hall–Kier alpha value is -2.28. The molecule has 74 valence electrons. The average molecular weight is 199 g/mol. The van der Waals surface area contributed by atoms with Gasteiger partial charge in [-0.25, -0.2) is 0 Å². The lowest BCUT2D eigenvalue weighted by atomic mass is 10.2. The topological polar surface area (TPSA) is 61.7 Å². The van der Waals surface area contributed by atoms with Crippen molar-refractivity contribution in [2.24, 2.45) is 0 Å². The van der Waals surface area contributed by atoms with E-state index in [1.165, 1.54) is 0 Å². The molecule has 0 amide bonds. The minimum Gasteiger partial charge on any atom is -0.454 e. The number of rotatable bonds is 2. The van der Waals surface area contributed by atoms with E-state index in [1.54, 1.807) is 30.5 Å². The number of aryl methyl sites for hydroxylation is 1. The predicted octanol–water partition coefficient (Wildman–Crippen LogP) is 2.38. The van der Waals surface area contributed by atoms with E-state index in [2.05, 4.69) is 16.3 Å². The molecule has 0 radical (unpaired) electrons. The summed E-state index contributed by atoms with van der Waals surface area (Å²) in [6.07, 6.45) is 1.61. The maximum Gasteiger partial charge on any atom is 0.167 e. The van der Waals surface area contributed by atoms with Crippen LogP contribution >= 0.6 is 0 Å². The highest BCUT2D eigenvalue weighted by atomic mass is 16.5. The number of aromatic nitrogens is 2. The van der Waals surface area contributed by atoms with Gasteiger partial charge in [-0.2, -0.15) is 10.4 Å². The number of nitrogens with zero attached hydrogens (tertiary/aromatic N) is 2. The lowest BCUT2D eigenvalue weighted by molar-refractivity contribution is 0.479. The Balaban J connectivity index is 2.25. The van der Waals surface area contributed by atoms with Crippen molar-refractivity contribution in [3.8, 4) is 17.6 Å². The van der Waals surface area contributed by atoms with Gasteiger partial charge in [-0.1, -0.05) is 6.07 Å². The fraction of sp³-hybridized carbons (Fsp3) is 0.0909. The molecule has 0 aliphatic carbocycles. The van der Waals surface area contributed by atoms with E-state index in [-0.39, 0.29) is 0 Å². The molecule has 0 atom stereocenters. The molecule has 0 saturated heterocycles. The van der Waals surface area contributed by atoms with E-state index >= 15 is 0 Å². The molecule has 1 heterocycles. The molecule has 0 saturated carbocycles. The van der Waals surface area contributed by atoms with Crippen LogP contribution in [0.2, 0.25) is 0 Å². The summed E-state index contributed by atoms with van der Waals surface area (Å²) in [5, 5.41) is 15.3. The van der Waals surface area contributed by atoms with Gasteiger partial charge in [0.15, 0.2) is 5.75 Å². The van der Waals surface area contributed by atoms with Crippen LogP contribution < -0.4 is 4.74 Å². The second kappa shape index (κ2) is 3.84. The van der Waals surface area contributed by atoms with Crippen molar-refractivity contribution in [2.45, 2.75) is 6.92 Å². The zero-order valence-corrected chi connectivity index (χ0v) is 8.19. The van der Waals surface area contributed by atoms with Gasteiger partial charge in [0.2, 0.25) is 0 Å². The molecule has 1 aromatic carbocycles. The maximum absolute atomic E-state index is 8.72. The molecule has 4 heteroatoms. The monoisotopic (exact) mass is 199 g/mol. The van der Waals surface area contributed by atoms with Crippen LogP contribution in [0.3, 0.4) is 0 Å². The first-order valence-electron chi connectivity index (χ1n) is 4.47. The van der Waals surface area contributed by atoms with Gasteiger partial charge < -0.3 is 4.74 Å². The van der Waals surface area contributed by atoms with Crippen LogP contribution in [0.25, 0.3) is 0 Å². The SMILES string of the molecule is Cc1[nH]ncc1Oc1cccc(C#N)c1. The number of hydrogen-bond donors (Lipinski definition) is 1. The van der Waals surface area contributed by atoms with Crippen LogP contribution in [0, 0.1) is 18.3 Å². The predicted molar refractivity (Wildman–Crippen MR) is 54.6 cm³/mol. The Bertz CT molecular complexity index is 511. The Morgan fingerprint density at radius 1 is 1.47 bits per heavy atom. The fourth-order valence-electron chi connectivity index (χ4n) is 1.20. The Morgan fingerprint density at radius 3 is 3.00 bits per heavy atom. The lowest BCUT2D eigenvalue weighted by Crippen LogP contribution is -1.85. The summed E-state index contributed by atoms with van der Waals surface area (Å²) in [5.41, 5.74) is 1.44. The summed E-state index contributed by atoms with van der Waals surface area (Å²) in [4.78, 5) is 0. The molecule has 1 N–H and O–H groups in total. The Kier molecular flexibility index (Phi) is 2.38. The number of nitrogens with one attached hydrogen (secondary N) is 1. The Morgan fingerprint density at radius 2 is 2.33 bits per heavy atom. The van der Waals surface area contributed by atoms with Gasteiger partial charge in [0, 0.05) is 0 Å². The molecule has 0 spiro atoms. The van der Waals surface area contributed by atoms with E-state index < -0.39 is 0 Å². The minimum absolute atomic E-state index is 0.577. The molecule has 1 aromatic heterocycles. The highest BCUT2D eigenvalue weighted by Gasteiger charge is 2.03. The normalized spacial score (nSPS) is 9.60. The van der Waals surface area contributed by atoms with Crippen molar-refractivity contribution in [1.29, 1.82) is 5.26 Å². The summed E-state index contributed by atoms with van der Waals surface area (Å²) in [6, 6.07) is 9.06. The van der Waals surface area contributed by atoms with Gasteiger partial charge in [-0.3, -0.25) is 5.10 Å². The quantitative estimate of drug-likeness (QED) is 0.807. The molecule has 0 bridgehead atoms. The molecule has 2 aromatic rings. The van der Waals surface area contributed by atoms with Crippen LogP contribution in [0.5, 0.6) is 11.5 Å². The average Bonchev–Trinajstić information content (AvgIpc) is 2.65. The third-order valence-corrected chi connectivity index (χ3v) is 1.97. The number of benzene rings is 1. The zero-order valence-electron chi connectivity index (χ0n) is 8.19. The summed E-state index contributed by atoms with van der Waals surface area (Å²) >= 11 is 0. The fourth-order valence-corrected chi connectivity index (χ4v) is 1.20. The summed E-state index contributed by atoms with van der Waals surface area (Å²) in [7, 11) is 0. The smallest absolute Gasteiger partial charge is 0.167 e. The third-order valence-electron chi connectivity index (χ3n) is 1.97. The molecule has 0 aliphatic rings. The molecular weight excluding hydrogens is 190 g/mol. The van der Waals surface area contributed by atoms with Gasteiger partial charge in [0.1, 0.15) is 5.75 Å². The van der Waals surface area contributed by atoms with E-state index in [0.29, 0.717) is 17.1 Å². The molecular formula is C11H9N3O. The number of aromatic amines is 1. The van der Waals surface area contributed by atoms with Crippen LogP contribution in [-0.2, 0) is 0 Å². The van der Waals surface area contributed by atoms with Gasteiger partial charge in [0.25, 0.3) is 0 Å². The van der Waals surface area contributed by atoms with E-state index in [1.807, 2.05) is 6.92 Å². The number of nitriles is 1. The molecule has 0 aliphatic heterocycles. The van der Waals surface area contributed by atoms with Gasteiger partial charge >= 0.3 is 0 Å². The van der Waals surface area contributed by atoms with E-state index in [9.17, 15) is 0 Å². The third kappa shape index (κ3) is 1.97. The maximum atomic E-state index is 8.72. The largest absolute Gasteiger partial charge is 0.454 e. The summed E-state index contributed by atoms with van der Waals surface area (Å²) < 4.78 is 5.55. The lowest BCUT2D eigenvalue weighted by Gasteiger charge is -2.03.